The SMILES string of the molecule is CN=C(NCCn1cc(C)cn1)NCc1cccc(OC)c1.I. The van der Waals surface area contributed by atoms with Crippen LogP contribution in [0.1, 0.15) is 11.1 Å². The van der Waals surface area contributed by atoms with E-state index in [0.717, 1.165) is 30.4 Å². The van der Waals surface area contributed by atoms with Crippen molar-refractivity contribution in [2.75, 3.05) is 20.7 Å². The van der Waals surface area contributed by atoms with Crippen molar-refractivity contribution in [3.05, 3.63) is 47.8 Å². The number of aromatic nitrogens is 2. The Hall–Kier alpha value is -1.77. The summed E-state index contributed by atoms with van der Waals surface area (Å²) in [5.41, 5.74) is 2.31. The highest BCUT2D eigenvalue weighted by atomic mass is 127. The summed E-state index contributed by atoms with van der Waals surface area (Å²) in [6.07, 6.45) is 3.88. The number of benzene rings is 1. The summed E-state index contributed by atoms with van der Waals surface area (Å²) in [5.74, 6) is 1.63. The first-order valence-corrected chi connectivity index (χ1v) is 7.28. The molecule has 0 aliphatic rings. The number of rotatable bonds is 6. The number of hydrogen-bond donors (Lipinski definition) is 2. The molecule has 2 rings (SSSR count). The Kier molecular flexibility index (Phi) is 8.46. The molecule has 0 spiro atoms. The quantitative estimate of drug-likeness (QED) is 0.420. The third kappa shape index (κ3) is 6.47. The van der Waals surface area contributed by atoms with Crippen molar-refractivity contribution in [3.8, 4) is 5.75 Å². The van der Waals surface area contributed by atoms with Crippen molar-refractivity contribution < 1.29 is 4.74 Å². The predicted octanol–water partition coefficient (Wildman–Crippen LogP) is 2.18. The second-order valence-corrected chi connectivity index (χ2v) is 4.98. The van der Waals surface area contributed by atoms with Crippen LogP contribution in [0.2, 0.25) is 0 Å². The number of aryl methyl sites for hydroxylation is 1. The molecule has 0 bridgehead atoms. The first kappa shape index (κ1) is 19.3. The van der Waals surface area contributed by atoms with Crippen LogP contribution >= 0.6 is 24.0 Å². The lowest BCUT2D eigenvalue weighted by Gasteiger charge is -2.12. The Morgan fingerprint density at radius 1 is 1.35 bits per heavy atom. The van der Waals surface area contributed by atoms with E-state index in [1.807, 2.05) is 42.2 Å². The van der Waals surface area contributed by atoms with Crippen molar-refractivity contribution in [2.45, 2.75) is 20.0 Å². The number of guanidine groups is 1. The average molecular weight is 429 g/mol. The van der Waals surface area contributed by atoms with Gasteiger partial charge in [-0.15, -0.1) is 24.0 Å². The molecule has 2 aromatic rings. The minimum absolute atomic E-state index is 0. The highest BCUT2D eigenvalue weighted by Crippen LogP contribution is 2.11. The average Bonchev–Trinajstić information content (AvgIpc) is 2.96. The van der Waals surface area contributed by atoms with Gasteiger partial charge in [0.2, 0.25) is 0 Å². The highest BCUT2D eigenvalue weighted by Gasteiger charge is 2.00. The fraction of sp³-hybridized carbons (Fsp3) is 0.375. The zero-order chi connectivity index (χ0) is 15.8. The maximum Gasteiger partial charge on any atom is 0.191 e. The van der Waals surface area contributed by atoms with E-state index in [-0.39, 0.29) is 24.0 Å². The summed E-state index contributed by atoms with van der Waals surface area (Å²) >= 11 is 0. The molecule has 23 heavy (non-hydrogen) atoms. The molecule has 126 valence electrons. The van der Waals surface area contributed by atoms with Crippen LogP contribution in [0.15, 0.2) is 41.7 Å². The Morgan fingerprint density at radius 2 is 2.17 bits per heavy atom. The summed E-state index contributed by atoms with van der Waals surface area (Å²) < 4.78 is 7.13. The number of halogens is 1. The summed E-state index contributed by atoms with van der Waals surface area (Å²) in [4.78, 5) is 4.22. The molecule has 0 saturated carbocycles. The van der Waals surface area contributed by atoms with E-state index in [9.17, 15) is 0 Å². The van der Waals surface area contributed by atoms with Crippen LogP contribution in [0.5, 0.6) is 5.75 Å². The summed E-state index contributed by atoms with van der Waals surface area (Å²) in [6.45, 7) is 4.29. The zero-order valence-electron chi connectivity index (χ0n) is 13.7. The largest absolute Gasteiger partial charge is 0.497 e. The third-order valence-corrected chi connectivity index (χ3v) is 3.21. The topological polar surface area (TPSA) is 63.5 Å². The van der Waals surface area contributed by atoms with Gasteiger partial charge in [-0.1, -0.05) is 12.1 Å². The van der Waals surface area contributed by atoms with Gasteiger partial charge in [-0.25, -0.2) is 0 Å². The van der Waals surface area contributed by atoms with Gasteiger partial charge in [0.15, 0.2) is 5.96 Å². The molecule has 1 aromatic carbocycles. The molecule has 0 aliphatic heterocycles. The fourth-order valence-electron chi connectivity index (χ4n) is 2.07. The lowest BCUT2D eigenvalue weighted by Crippen LogP contribution is -2.38. The molecular weight excluding hydrogens is 405 g/mol. The molecule has 0 saturated heterocycles. The molecule has 0 unspecified atom stereocenters. The van der Waals surface area contributed by atoms with E-state index in [2.05, 4.69) is 26.8 Å². The number of ether oxygens (including phenoxy) is 1. The van der Waals surface area contributed by atoms with Crippen LogP contribution in [-0.4, -0.2) is 36.4 Å². The Bertz CT molecular complexity index is 626. The molecule has 2 N–H and O–H groups in total. The maximum atomic E-state index is 5.22. The van der Waals surface area contributed by atoms with E-state index < -0.39 is 0 Å². The van der Waals surface area contributed by atoms with E-state index in [1.165, 1.54) is 5.56 Å². The monoisotopic (exact) mass is 429 g/mol. The summed E-state index contributed by atoms with van der Waals surface area (Å²) in [6, 6.07) is 7.97. The van der Waals surface area contributed by atoms with Crippen molar-refractivity contribution in [2.24, 2.45) is 4.99 Å². The fourth-order valence-corrected chi connectivity index (χ4v) is 2.07. The van der Waals surface area contributed by atoms with Gasteiger partial charge < -0.3 is 15.4 Å². The smallest absolute Gasteiger partial charge is 0.191 e. The summed E-state index contributed by atoms with van der Waals surface area (Å²) in [5, 5.41) is 10.8. The van der Waals surface area contributed by atoms with Gasteiger partial charge in [0.05, 0.1) is 19.9 Å². The molecule has 7 heteroatoms. The van der Waals surface area contributed by atoms with Crippen molar-refractivity contribution in [1.29, 1.82) is 0 Å². The van der Waals surface area contributed by atoms with Gasteiger partial charge in [-0.2, -0.15) is 5.10 Å². The van der Waals surface area contributed by atoms with Crippen LogP contribution in [0.25, 0.3) is 0 Å². The second kappa shape index (κ2) is 10.1. The number of hydrogen-bond acceptors (Lipinski definition) is 3. The molecule has 6 nitrogen and oxygen atoms in total. The molecule has 0 fully saturated rings. The first-order valence-electron chi connectivity index (χ1n) is 7.28. The van der Waals surface area contributed by atoms with Crippen LogP contribution in [0, 0.1) is 6.92 Å². The van der Waals surface area contributed by atoms with Crippen LogP contribution in [0.4, 0.5) is 0 Å². The zero-order valence-corrected chi connectivity index (χ0v) is 16.1. The van der Waals surface area contributed by atoms with Crippen molar-refractivity contribution >= 4 is 29.9 Å². The number of nitrogens with one attached hydrogen (secondary N) is 2. The maximum absolute atomic E-state index is 5.22. The number of nitrogens with zero attached hydrogens (tertiary/aromatic N) is 3. The Balaban J connectivity index is 0.00000264. The van der Waals surface area contributed by atoms with E-state index in [0.29, 0.717) is 6.54 Å². The number of aliphatic imine (C=N–C) groups is 1. The molecule has 0 amide bonds. The van der Waals surface area contributed by atoms with E-state index in [1.54, 1.807) is 14.2 Å². The van der Waals surface area contributed by atoms with Gasteiger partial charge in [-0.3, -0.25) is 9.67 Å². The van der Waals surface area contributed by atoms with Gasteiger partial charge in [0, 0.05) is 26.3 Å². The Labute approximate surface area is 154 Å². The van der Waals surface area contributed by atoms with Crippen LogP contribution in [0.3, 0.4) is 0 Å². The normalized spacial score (nSPS) is 10.8. The standard InChI is InChI=1S/C16H23N5O.HI/c1-13-10-20-21(12-13)8-7-18-16(17-2)19-11-14-5-4-6-15(9-14)22-3;/h4-6,9-10,12H,7-8,11H2,1-3H3,(H2,17,18,19);1H. The van der Waals surface area contributed by atoms with Gasteiger partial charge in [-0.05, 0) is 30.2 Å². The van der Waals surface area contributed by atoms with Gasteiger partial charge in [0.1, 0.15) is 5.75 Å². The lowest BCUT2D eigenvalue weighted by molar-refractivity contribution is 0.414. The van der Waals surface area contributed by atoms with E-state index >= 15 is 0 Å². The van der Waals surface area contributed by atoms with Crippen molar-refractivity contribution in [1.82, 2.24) is 20.4 Å². The van der Waals surface area contributed by atoms with Gasteiger partial charge >= 0.3 is 0 Å². The highest BCUT2D eigenvalue weighted by molar-refractivity contribution is 14.0. The summed E-state index contributed by atoms with van der Waals surface area (Å²) in [7, 11) is 3.43. The van der Waals surface area contributed by atoms with Crippen LogP contribution < -0.4 is 15.4 Å². The Morgan fingerprint density at radius 3 is 2.83 bits per heavy atom. The van der Waals surface area contributed by atoms with Gasteiger partial charge in [0.25, 0.3) is 0 Å². The van der Waals surface area contributed by atoms with Crippen LogP contribution in [-0.2, 0) is 13.1 Å². The molecular formula is C16H24IN5O. The molecule has 1 heterocycles. The molecule has 1 aromatic heterocycles. The second-order valence-electron chi connectivity index (χ2n) is 4.98. The molecule has 0 radical (unpaired) electrons. The molecule has 0 atom stereocenters. The molecule has 0 aliphatic carbocycles. The first-order chi connectivity index (χ1) is 10.7. The predicted molar refractivity (Wildman–Crippen MR) is 104 cm³/mol. The lowest BCUT2D eigenvalue weighted by atomic mass is 10.2. The number of methoxy groups -OCH3 is 1. The van der Waals surface area contributed by atoms with E-state index in [4.69, 9.17) is 4.74 Å². The minimum atomic E-state index is 0. The minimum Gasteiger partial charge on any atom is -0.497 e. The third-order valence-electron chi connectivity index (χ3n) is 3.21. The van der Waals surface area contributed by atoms with Crippen molar-refractivity contribution in [3.63, 3.8) is 0 Å².